The second-order valence-electron chi connectivity index (χ2n) is 5.29. The Bertz CT molecular complexity index is 429. The van der Waals surface area contributed by atoms with E-state index in [2.05, 4.69) is 18.2 Å². The van der Waals surface area contributed by atoms with E-state index in [-0.39, 0.29) is 19.1 Å². The van der Waals surface area contributed by atoms with Crippen LogP contribution in [0.2, 0.25) is 0 Å². The van der Waals surface area contributed by atoms with Crippen molar-refractivity contribution in [3.05, 3.63) is 23.8 Å². The van der Waals surface area contributed by atoms with E-state index < -0.39 is 17.4 Å². The van der Waals surface area contributed by atoms with Crippen molar-refractivity contribution in [1.82, 2.24) is 0 Å². The molecular weight excluding hydrogens is 256 g/mol. The van der Waals surface area contributed by atoms with Crippen molar-refractivity contribution in [3.63, 3.8) is 0 Å². The Hall–Kier alpha value is -1.58. The molecule has 0 bridgehead atoms. The average molecular weight is 278 g/mol. The van der Waals surface area contributed by atoms with E-state index in [9.17, 15) is 9.59 Å². The standard InChI is InChI=1S/C16H22O4/c1-3-19-14(17)16(15(18)20-4-2)10-12-8-6-5-7-9-13(12)11-16/h6,8-9,12H,3-5,7,10-11H2,1-2H3. The topological polar surface area (TPSA) is 52.6 Å². The Kier molecular flexibility index (Phi) is 4.63. The number of fused-ring (bicyclic) bond motifs is 1. The van der Waals surface area contributed by atoms with Crippen molar-refractivity contribution >= 4 is 11.9 Å². The molecule has 2 aliphatic rings. The second-order valence-corrected chi connectivity index (χ2v) is 5.29. The molecule has 0 aromatic heterocycles. The molecule has 0 aromatic rings. The van der Waals surface area contributed by atoms with Crippen LogP contribution in [-0.2, 0) is 19.1 Å². The number of carbonyl (C=O) groups is 2. The van der Waals surface area contributed by atoms with Crippen LogP contribution in [0, 0.1) is 11.3 Å². The summed E-state index contributed by atoms with van der Waals surface area (Å²) in [6, 6.07) is 0. The number of hydrogen-bond acceptors (Lipinski definition) is 4. The van der Waals surface area contributed by atoms with Gasteiger partial charge in [-0.25, -0.2) is 0 Å². The molecule has 4 nitrogen and oxygen atoms in total. The molecule has 0 amide bonds. The normalized spacial score (nSPS) is 23.5. The molecular formula is C16H22O4. The summed E-state index contributed by atoms with van der Waals surface area (Å²) >= 11 is 0. The van der Waals surface area contributed by atoms with Crippen molar-refractivity contribution < 1.29 is 19.1 Å². The molecule has 110 valence electrons. The van der Waals surface area contributed by atoms with Crippen LogP contribution in [0.1, 0.15) is 39.5 Å². The Morgan fingerprint density at radius 3 is 2.45 bits per heavy atom. The lowest BCUT2D eigenvalue weighted by Crippen LogP contribution is -2.40. The molecule has 2 rings (SSSR count). The van der Waals surface area contributed by atoms with Gasteiger partial charge in [-0.15, -0.1) is 0 Å². The van der Waals surface area contributed by atoms with Crippen molar-refractivity contribution in [2.24, 2.45) is 11.3 Å². The minimum atomic E-state index is -1.15. The van der Waals surface area contributed by atoms with Gasteiger partial charge in [0, 0.05) is 0 Å². The minimum Gasteiger partial charge on any atom is -0.465 e. The maximum Gasteiger partial charge on any atom is 0.323 e. The van der Waals surface area contributed by atoms with Crippen LogP contribution in [0.5, 0.6) is 0 Å². The predicted molar refractivity (Wildman–Crippen MR) is 74.9 cm³/mol. The zero-order valence-corrected chi connectivity index (χ0v) is 12.2. The third-order valence-electron chi connectivity index (χ3n) is 3.99. The first kappa shape index (κ1) is 14.8. The Morgan fingerprint density at radius 2 is 1.85 bits per heavy atom. The van der Waals surface area contributed by atoms with Crippen molar-refractivity contribution in [1.29, 1.82) is 0 Å². The summed E-state index contributed by atoms with van der Waals surface area (Å²) in [5.41, 5.74) is 0.0179. The van der Waals surface area contributed by atoms with Gasteiger partial charge in [-0.05, 0) is 45.4 Å². The fourth-order valence-electron chi connectivity index (χ4n) is 3.03. The Morgan fingerprint density at radius 1 is 1.20 bits per heavy atom. The van der Waals surface area contributed by atoms with Crippen LogP contribution in [0.3, 0.4) is 0 Å². The van der Waals surface area contributed by atoms with Gasteiger partial charge in [-0.1, -0.05) is 23.8 Å². The van der Waals surface area contributed by atoms with E-state index in [4.69, 9.17) is 9.47 Å². The molecule has 1 saturated carbocycles. The second kappa shape index (κ2) is 6.25. The van der Waals surface area contributed by atoms with E-state index in [1.165, 1.54) is 5.57 Å². The molecule has 0 N–H and O–H groups in total. The molecule has 0 heterocycles. The minimum absolute atomic E-state index is 0.159. The lowest BCUT2D eigenvalue weighted by molar-refractivity contribution is -0.171. The predicted octanol–water partition coefficient (Wildman–Crippen LogP) is 2.79. The summed E-state index contributed by atoms with van der Waals surface area (Å²) in [6.07, 6.45) is 9.27. The first-order valence-corrected chi connectivity index (χ1v) is 7.34. The monoisotopic (exact) mass is 278 g/mol. The molecule has 0 aliphatic heterocycles. The summed E-state index contributed by atoms with van der Waals surface area (Å²) in [5, 5.41) is 0. The highest BCUT2D eigenvalue weighted by atomic mass is 16.6. The van der Waals surface area contributed by atoms with E-state index in [1.54, 1.807) is 13.8 Å². The number of hydrogen-bond donors (Lipinski definition) is 0. The molecule has 1 fully saturated rings. The van der Waals surface area contributed by atoms with E-state index >= 15 is 0 Å². The zero-order valence-electron chi connectivity index (χ0n) is 12.2. The van der Waals surface area contributed by atoms with Gasteiger partial charge in [0.15, 0.2) is 5.41 Å². The highest BCUT2D eigenvalue weighted by Gasteiger charge is 2.55. The van der Waals surface area contributed by atoms with Gasteiger partial charge < -0.3 is 9.47 Å². The highest BCUT2D eigenvalue weighted by Crippen LogP contribution is 2.48. The maximum absolute atomic E-state index is 12.3. The number of carbonyl (C=O) groups excluding carboxylic acids is 2. The number of allylic oxidation sites excluding steroid dienone is 4. The van der Waals surface area contributed by atoms with Crippen LogP contribution < -0.4 is 0 Å². The number of rotatable bonds is 4. The molecule has 1 unspecified atom stereocenters. The lowest BCUT2D eigenvalue weighted by Gasteiger charge is -2.24. The average Bonchev–Trinajstić information content (AvgIpc) is 2.67. The van der Waals surface area contributed by atoms with Crippen LogP contribution in [0.15, 0.2) is 23.8 Å². The van der Waals surface area contributed by atoms with Gasteiger partial charge in [-0.2, -0.15) is 0 Å². The summed E-state index contributed by atoms with van der Waals surface area (Å²) < 4.78 is 10.3. The van der Waals surface area contributed by atoms with Crippen LogP contribution in [-0.4, -0.2) is 25.2 Å². The molecule has 0 radical (unpaired) electrons. The third kappa shape index (κ3) is 2.65. The molecule has 0 saturated heterocycles. The van der Waals surface area contributed by atoms with Crippen molar-refractivity contribution in [2.75, 3.05) is 13.2 Å². The number of ether oxygens (including phenoxy) is 2. The number of esters is 2. The first-order valence-electron chi connectivity index (χ1n) is 7.34. The first-order chi connectivity index (χ1) is 9.64. The quantitative estimate of drug-likeness (QED) is 0.451. The third-order valence-corrected chi connectivity index (χ3v) is 3.99. The van der Waals surface area contributed by atoms with Gasteiger partial charge in [0.25, 0.3) is 0 Å². The fraction of sp³-hybridized carbons (Fsp3) is 0.625. The Labute approximate surface area is 119 Å². The van der Waals surface area contributed by atoms with Crippen molar-refractivity contribution in [3.8, 4) is 0 Å². The summed E-state index contributed by atoms with van der Waals surface area (Å²) in [6.45, 7) is 4.06. The van der Waals surface area contributed by atoms with Gasteiger partial charge >= 0.3 is 11.9 Å². The fourth-order valence-corrected chi connectivity index (χ4v) is 3.03. The molecule has 1 atom stereocenters. The van der Waals surface area contributed by atoms with Crippen LogP contribution in [0.25, 0.3) is 0 Å². The molecule has 0 aromatic carbocycles. The molecule has 0 spiro atoms. The van der Waals surface area contributed by atoms with Gasteiger partial charge in [-0.3, -0.25) is 9.59 Å². The SMILES string of the molecule is CCOC(=O)C1(C(=O)OCC)CC2=CCCC=CC2C1. The zero-order chi connectivity index (χ0) is 14.6. The van der Waals surface area contributed by atoms with Gasteiger partial charge in [0.1, 0.15) is 0 Å². The van der Waals surface area contributed by atoms with Gasteiger partial charge in [0.05, 0.1) is 13.2 Å². The van der Waals surface area contributed by atoms with E-state index in [0.717, 1.165) is 12.8 Å². The summed E-state index contributed by atoms with van der Waals surface area (Å²) in [7, 11) is 0. The van der Waals surface area contributed by atoms with Crippen LogP contribution in [0.4, 0.5) is 0 Å². The maximum atomic E-state index is 12.3. The largest absolute Gasteiger partial charge is 0.465 e. The lowest BCUT2D eigenvalue weighted by atomic mass is 9.85. The highest BCUT2D eigenvalue weighted by molar-refractivity contribution is 6.01. The van der Waals surface area contributed by atoms with Crippen molar-refractivity contribution in [2.45, 2.75) is 39.5 Å². The van der Waals surface area contributed by atoms with Crippen LogP contribution >= 0.6 is 0 Å². The molecule has 20 heavy (non-hydrogen) atoms. The van der Waals surface area contributed by atoms with E-state index in [0.29, 0.717) is 12.8 Å². The smallest absolute Gasteiger partial charge is 0.323 e. The molecule has 4 heteroatoms. The Balaban J connectivity index is 2.30. The van der Waals surface area contributed by atoms with E-state index in [1.807, 2.05) is 0 Å². The van der Waals surface area contributed by atoms with Gasteiger partial charge in [0.2, 0.25) is 0 Å². The summed E-state index contributed by atoms with van der Waals surface area (Å²) in [4.78, 5) is 24.7. The molecule has 2 aliphatic carbocycles. The summed E-state index contributed by atoms with van der Waals surface area (Å²) in [5.74, 6) is -0.729.